The maximum atomic E-state index is 10.1. The summed E-state index contributed by atoms with van der Waals surface area (Å²) in [5, 5.41) is 10.1. The molecule has 1 saturated carbocycles. The van der Waals surface area contributed by atoms with Crippen molar-refractivity contribution in [2.45, 2.75) is 86.0 Å². The predicted molar refractivity (Wildman–Crippen MR) is 76.4 cm³/mol. The van der Waals surface area contributed by atoms with E-state index in [9.17, 15) is 5.11 Å². The lowest BCUT2D eigenvalue weighted by Crippen LogP contribution is -2.37. The van der Waals surface area contributed by atoms with E-state index in [1.54, 1.807) is 0 Å². The minimum Gasteiger partial charge on any atom is -0.367 e. The Kier molecular flexibility index (Phi) is 5.25. The molecule has 0 spiro atoms. The summed E-state index contributed by atoms with van der Waals surface area (Å²) in [5.74, 6) is 0.800. The third-order valence-corrected chi connectivity index (χ3v) is 4.80. The Balaban J connectivity index is 2.41. The number of hydrogen-bond acceptors (Lipinski definition) is 2. The lowest BCUT2D eigenvalue weighted by atomic mass is 9.72. The zero-order valence-corrected chi connectivity index (χ0v) is 13.1. The summed E-state index contributed by atoms with van der Waals surface area (Å²) in [5.41, 5.74) is 0.271. The van der Waals surface area contributed by atoms with Crippen LogP contribution in [0.4, 0.5) is 0 Å². The van der Waals surface area contributed by atoms with Crippen molar-refractivity contribution < 1.29 is 9.84 Å². The van der Waals surface area contributed by atoms with Crippen molar-refractivity contribution in [1.29, 1.82) is 0 Å². The fraction of sp³-hybridized carbons (Fsp3) is 1.00. The van der Waals surface area contributed by atoms with E-state index in [1.165, 1.54) is 12.8 Å². The summed E-state index contributed by atoms with van der Waals surface area (Å²) in [7, 11) is 0. The molecule has 0 aromatic rings. The van der Waals surface area contributed by atoms with Crippen LogP contribution in [0.15, 0.2) is 0 Å². The van der Waals surface area contributed by atoms with Crippen LogP contribution in [0.2, 0.25) is 0 Å². The number of hydrogen-bond donors (Lipinski definition) is 1. The molecule has 0 bridgehead atoms. The molecule has 0 heterocycles. The Hall–Kier alpha value is -0.0800. The molecular formula is C16H32O2. The maximum Gasteiger partial charge on any atom is 0.159 e. The fourth-order valence-electron chi connectivity index (χ4n) is 2.61. The summed E-state index contributed by atoms with van der Waals surface area (Å²) in [6.45, 7) is 13.2. The predicted octanol–water partition coefficient (Wildman–Crippen LogP) is 4.36. The highest BCUT2D eigenvalue weighted by molar-refractivity contribution is 4.82. The van der Waals surface area contributed by atoms with Gasteiger partial charge in [0.2, 0.25) is 0 Å². The van der Waals surface area contributed by atoms with E-state index in [0.717, 1.165) is 25.2 Å². The molecule has 2 nitrogen and oxygen atoms in total. The molecule has 0 aromatic carbocycles. The SMILES string of the molecule is CCC(C)(C)C(O)OC1CCC(C(C)(C)C)CC1. The Morgan fingerprint density at radius 1 is 1.06 bits per heavy atom. The molecule has 0 amide bonds. The van der Waals surface area contributed by atoms with Gasteiger partial charge in [-0.3, -0.25) is 0 Å². The molecule has 1 aliphatic carbocycles. The van der Waals surface area contributed by atoms with Crippen LogP contribution in [0.3, 0.4) is 0 Å². The van der Waals surface area contributed by atoms with Crippen molar-refractivity contribution in [3.8, 4) is 0 Å². The van der Waals surface area contributed by atoms with E-state index in [-0.39, 0.29) is 11.5 Å². The van der Waals surface area contributed by atoms with Gasteiger partial charge in [-0.15, -0.1) is 0 Å². The van der Waals surface area contributed by atoms with Crippen molar-refractivity contribution in [2.24, 2.45) is 16.7 Å². The second kappa shape index (κ2) is 5.92. The molecule has 1 atom stereocenters. The highest BCUT2D eigenvalue weighted by atomic mass is 16.6. The van der Waals surface area contributed by atoms with Crippen LogP contribution in [-0.4, -0.2) is 17.5 Å². The molecule has 1 aliphatic rings. The van der Waals surface area contributed by atoms with Gasteiger partial charge in [0.15, 0.2) is 6.29 Å². The third kappa shape index (κ3) is 4.24. The number of ether oxygens (including phenoxy) is 1. The lowest BCUT2D eigenvalue weighted by molar-refractivity contribution is -0.201. The summed E-state index contributed by atoms with van der Waals surface area (Å²) >= 11 is 0. The molecule has 1 rings (SSSR count). The van der Waals surface area contributed by atoms with E-state index in [0.29, 0.717) is 5.41 Å². The zero-order valence-electron chi connectivity index (χ0n) is 13.1. The van der Waals surface area contributed by atoms with Gasteiger partial charge >= 0.3 is 0 Å². The van der Waals surface area contributed by atoms with E-state index in [1.807, 2.05) is 0 Å². The molecule has 0 aliphatic heterocycles. The van der Waals surface area contributed by atoms with E-state index < -0.39 is 6.29 Å². The lowest BCUT2D eigenvalue weighted by Gasteiger charge is -2.39. The molecule has 1 N–H and O–H groups in total. The van der Waals surface area contributed by atoms with Crippen molar-refractivity contribution in [1.82, 2.24) is 0 Å². The number of aliphatic hydroxyl groups is 1. The van der Waals surface area contributed by atoms with Crippen molar-refractivity contribution >= 4 is 0 Å². The largest absolute Gasteiger partial charge is 0.367 e. The van der Waals surface area contributed by atoms with Crippen molar-refractivity contribution in [3.05, 3.63) is 0 Å². The summed E-state index contributed by atoms with van der Waals surface area (Å²) in [6.07, 6.45) is 5.22. The molecular weight excluding hydrogens is 224 g/mol. The maximum absolute atomic E-state index is 10.1. The van der Waals surface area contributed by atoms with Gasteiger partial charge in [-0.25, -0.2) is 0 Å². The average Bonchev–Trinajstić information content (AvgIpc) is 2.28. The van der Waals surface area contributed by atoms with Gasteiger partial charge in [0, 0.05) is 5.41 Å². The molecule has 0 radical (unpaired) electrons. The summed E-state index contributed by atoms with van der Waals surface area (Å²) < 4.78 is 5.86. The molecule has 1 unspecified atom stereocenters. The van der Waals surface area contributed by atoms with Gasteiger partial charge in [0.1, 0.15) is 0 Å². The molecule has 0 aromatic heterocycles. The Bertz CT molecular complexity index is 244. The normalized spacial score (nSPS) is 28.2. The van der Waals surface area contributed by atoms with Crippen LogP contribution in [-0.2, 0) is 4.74 Å². The van der Waals surface area contributed by atoms with Crippen LogP contribution in [0.5, 0.6) is 0 Å². The van der Waals surface area contributed by atoms with Crippen LogP contribution >= 0.6 is 0 Å². The van der Waals surface area contributed by atoms with Gasteiger partial charge in [-0.05, 0) is 43.4 Å². The van der Waals surface area contributed by atoms with Gasteiger partial charge < -0.3 is 9.84 Å². The first-order valence-corrected chi connectivity index (χ1v) is 7.50. The topological polar surface area (TPSA) is 29.5 Å². The minimum atomic E-state index is -0.626. The molecule has 18 heavy (non-hydrogen) atoms. The smallest absolute Gasteiger partial charge is 0.159 e. The molecule has 2 heteroatoms. The van der Waals surface area contributed by atoms with Crippen LogP contribution in [0, 0.1) is 16.7 Å². The molecule has 0 saturated heterocycles. The summed E-state index contributed by atoms with van der Waals surface area (Å²) in [6, 6.07) is 0. The Morgan fingerprint density at radius 2 is 1.56 bits per heavy atom. The van der Waals surface area contributed by atoms with Crippen LogP contribution in [0.1, 0.15) is 73.6 Å². The van der Waals surface area contributed by atoms with Gasteiger partial charge in [0.25, 0.3) is 0 Å². The molecule has 1 fully saturated rings. The highest BCUT2D eigenvalue weighted by Crippen LogP contribution is 2.39. The van der Waals surface area contributed by atoms with Crippen LogP contribution in [0.25, 0.3) is 0 Å². The summed E-state index contributed by atoms with van der Waals surface area (Å²) in [4.78, 5) is 0. The number of rotatable bonds is 4. The minimum absolute atomic E-state index is 0.138. The highest BCUT2D eigenvalue weighted by Gasteiger charge is 2.33. The number of aliphatic hydroxyl groups excluding tert-OH is 1. The standard InChI is InChI=1S/C16H32O2/c1-7-16(5,6)14(17)18-13-10-8-12(9-11-13)15(2,3)4/h12-14,17H,7-11H2,1-6H3. The van der Waals surface area contributed by atoms with Gasteiger partial charge in [-0.1, -0.05) is 41.5 Å². The molecule has 108 valence electrons. The zero-order chi connectivity index (χ0) is 14.0. The first-order chi connectivity index (χ1) is 8.16. The van der Waals surface area contributed by atoms with Crippen molar-refractivity contribution in [2.75, 3.05) is 0 Å². The monoisotopic (exact) mass is 256 g/mol. The third-order valence-electron chi connectivity index (χ3n) is 4.80. The first kappa shape index (κ1) is 16.0. The van der Waals surface area contributed by atoms with Crippen molar-refractivity contribution in [3.63, 3.8) is 0 Å². The van der Waals surface area contributed by atoms with Gasteiger partial charge in [-0.2, -0.15) is 0 Å². The fourth-order valence-corrected chi connectivity index (χ4v) is 2.61. The second-order valence-corrected chi connectivity index (χ2v) is 7.67. The quantitative estimate of drug-likeness (QED) is 0.757. The average molecular weight is 256 g/mol. The van der Waals surface area contributed by atoms with E-state index in [4.69, 9.17) is 4.74 Å². The van der Waals surface area contributed by atoms with Gasteiger partial charge in [0.05, 0.1) is 6.10 Å². The van der Waals surface area contributed by atoms with E-state index in [2.05, 4.69) is 41.5 Å². The first-order valence-electron chi connectivity index (χ1n) is 7.50. The Labute approximate surface area is 113 Å². The van der Waals surface area contributed by atoms with E-state index >= 15 is 0 Å². The second-order valence-electron chi connectivity index (χ2n) is 7.67. The Morgan fingerprint density at radius 3 is 1.94 bits per heavy atom. The van der Waals surface area contributed by atoms with Crippen LogP contribution < -0.4 is 0 Å².